The first kappa shape index (κ1) is 18.8. The van der Waals surface area contributed by atoms with Crippen LogP contribution in [0.25, 0.3) is 10.8 Å². The maximum atomic E-state index is 12.2. The highest BCUT2D eigenvalue weighted by Gasteiger charge is 2.13. The molecule has 0 fully saturated rings. The smallest absolute Gasteiger partial charge is 0.355 e. The van der Waals surface area contributed by atoms with Crippen LogP contribution in [-0.2, 0) is 9.53 Å². The van der Waals surface area contributed by atoms with Crippen LogP contribution < -0.4 is 16.2 Å². The first-order valence-electron chi connectivity index (χ1n) is 8.39. The fourth-order valence-electron chi connectivity index (χ4n) is 2.61. The molecule has 142 valence electrons. The van der Waals surface area contributed by atoms with Crippen LogP contribution in [0.4, 0.5) is 5.69 Å². The van der Waals surface area contributed by atoms with Crippen molar-refractivity contribution in [1.82, 2.24) is 10.3 Å². The van der Waals surface area contributed by atoms with Crippen molar-refractivity contribution in [3.05, 3.63) is 76.2 Å². The van der Waals surface area contributed by atoms with Crippen molar-refractivity contribution < 1.29 is 19.1 Å². The molecule has 0 saturated carbocycles. The van der Waals surface area contributed by atoms with Crippen LogP contribution in [0.3, 0.4) is 0 Å². The van der Waals surface area contributed by atoms with Crippen molar-refractivity contribution in [2.45, 2.75) is 0 Å². The molecule has 0 saturated heterocycles. The van der Waals surface area contributed by atoms with Gasteiger partial charge in [0, 0.05) is 23.7 Å². The molecule has 0 aliphatic rings. The molecule has 0 spiro atoms. The second-order valence-corrected chi connectivity index (χ2v) is 5.88. The normalized spacial score (nSPS) is 10.3. The van der Waals surface area contributed by atoms with E-state index in [4.69, 9.17) is 4.74 Å². The summed E-state index contributed by atoms with van der Waals surface area (Å²) in [4.78, 5) is 50.3. The molecule has 0 aliphatic heterocycles. The predicted octanol–water partition coefficient (Wildman–Crippen LogP) is 1.68. The van der Waals surface area contributed by atoms with E-state index in [2.05, 4.69) is 15.6 Å². The zero-order valence-corrected chi connectivity index (χ0v) is 14.9. The van der Waals surface area contributed by atoms with E-state index in [0.717, 1.165) is 0 Å². The summed E-state index contributed by atoms with van der Waals surface area (Å²) < 4.78 is 4.96. The summed E-state index contributed by atoms with van der Waals surface area (Å²) in [5.41, 5.74) is 0.311. The highest BCUT2D eigenvalue weighted by molar-refractivity contribution is 5.98. The van der Waals surface area contributed by atoms with Gasteiger partial charge in [-0.15, -0.1) is 0 Å². The third-order valence-corrected chi connectivity index (χ3v) is 3.94. The number of carbonyl (C=O) groups is 3. The average molecular weight is 379 g/mol. The van der Waals surface area contributed by atoms with Gasteiger partial charge in [-0.1, -0.05) is 24.3 Å². The summed E-state index contributed by atoms with van der Waals surface area (Å²) in [7, 11) is 1.50. The van der Waals surface area contributed by atoms with Crippen LogP contribution in [0.2, 0.25) is 0 Å². The summed E-state index contributed by atoms with van der Waals surface area (Å²) in [5, 5.41) is 6.07. The predicted molar refractivity (Wildman–Crippen MR) is 103 cm³/mol. The lowest BCUT2D eigenvalue weighted by Crippen LogP contribution is -2.23. The lowest BCUT2D eigenvalue weighted by atomic mass is 10.1. The average Bonchev–Trinajstić information content (AvgIpc) is 2.71. The molecule has 0 unspecified atom stereocenters. The molecule has 1 aromatic heterocycles. The summed E-state index contributed by atoms with van der Waals surface area (Å²) in [6.07, 6.45) is 0. The molecule has 8 heteroatoms. The minimum atomic E-state index is -0.822. The number of amides is 2. The highest BCUT2D eigenvalue weighted by atomic mass is 16.5. The maximum absolute atomic E-state index is 12.2. The molecule has 28 heavy (non-hydrogen) atoms. The number of ether oxygens (including phenoxy) is 1. The largest absolute Gasteiger partial charge is 0.451 e. The van der Waals surface area contributed by atoms with Crippen LogP contribution in [0.5, 0.6) is 0 Å². The number of H-pyrrole nitrogens is 1. The number of pyridine rings is 1. The topological polar surface area (TPSA) is 117 Å². The van der Waals surface area contributed by atoms with E-state index in [-0.39, 0.29) is 11.6 Å². The van der Waals surface area contributed by atoms with Crippen LogP contribution >= 0.6 is 0 Å². The lowest BCUT2D eigenvalue weighted by molar-refractivity contribution is -0.119. The van der Waals surface area contributed by atoms with E-state index < -0.39 is 24.0 Å². The number of carbonyl (C=O) groups excluding carboxylic acids is 3. The SMILES string of the molecule is CNC(=O)c1cccc(NC(=O)COC(=O)c2cc3ccccc3c(=O)[nH]2)c1. The molecular weight excluding hydrogens is 362 g/mol. The number of hydrogen-bond donors (Lipinski definition) is 3. The van der Waals surface area contributed by atoms with Gasteiger partial charge in [-0.25, -0.2) is 4.79 Å². The Balaban J connectivity index is 1.64. The third kappa shape index (κ3) is 4.24. The van der Waals surface area contributed by atoms with Crippen molar-refractivity contribution in [1.29, 1.82) is 0 Å². The molecule has 1 heterocycles. The van der Waals surface area contributed by atoms with Crippen LogP contribution in [-0.4, -0.2) is 36.4 Å². The van der Waals surface area contributed by atoms with Gasteiger partial charge in [0.1, 0.15) is 5.69 Å². The van der Waals surface area contributed by atoms with Crippen LogP contribution in [0.15, 0.2) is 59.4 Å². The Morgan fingerprint density at radius 3 is 2.61 bits per heavy atom. The number of aromatic amines is 1. The van der Waals surface area contributed by atoms with Gasteiger partial charge in [-0.05, 0) is 35.7 Å². The van der Waals surface area contributed by atoms with E-state index >= 15 is 0 Å². The van der Waals surface area contributed by atoms with Crippen molar-refractivity contribution in [3.8, 4) is 0 Å². The Hall–Kier alpha value is -3.94. The Morgan fingerprint density at radius 1 is 1.04 bits per heavy atom. The zero-order chi connectivity index (χ0) is 20.1. The molecule has 8 nitrogen and oxygen atoms in total. The van der Waals surface area contributed by atoms with Gasteiger partial charge >= 0.3 is 5.97 Å². The lowest BCUT2D eigenvalue weighted by Gasteiger charge is -2.08. The van der Waals surface area contributed by atoms with Gasteiger partial charge < -0.3 is 20.4 Å². The number of rotatable bonds is 5. The number of esters is 1. The Labute approximate surface area is 159 Å². The Bertz CT molecular complexity index is 1120. The second kappa shape index (κ2) is 8.17. The van der Waals surface area contributed by atoms with E-state index in [9.17, 15) is 19.2 Å². The van der Waals surface area contributed by atoms with Crippen molar-refractivity contribution in [2.24, 2.45) is 0 Å². The standard InChI is InChI=1S/C20H17N3O5/c1-21-18(25)13-6-4-7-14(9-13)22-17(24)11-28-20(27)16-10-12-5-2-3-8-15(12)19(26)23-16/h2-10H,11H2,1H3,(H,21,25)(H,22,24)(H,23,26). The van der Waals surface area contributed by atoms with E-state index in [1.165, 1.54) is 19.2 Å². The molecule has 2 aromatic carbocycles. The van der Waals surface area contributed by atoms with Gasteiger partial charge in [-0.2, -0.15) is 0 Å². The Kier molecular flexibility index (Phi) is 5.50. The van der Waals surface area contributed by atoms with Crippen LogP contribution in [0.1, 0.15) is 20.8 Å². The molecule has 3 aromatic rings. The zero-order valence-electron chi connectivity index (χ0n) is 14.9. The first-order chi connectivity index (χ1) is 13.5. The van der Waals surface area contributed by atoms with Gasteiger partial charge in [0.2, 0.25) is 0 Å². The fraction of sp³-hybridized carbons (Fsp3) is 0.100. The number of benzene rings is 2. The molecule has 0 bridgehead atoms. The second-order valence-electron chi connectivity index (χ2n) is 5.88. The molecule has 0 aliphatic carbocycles. The molecule has 0 atom stereocenters. The first-order valence-corrected chi connectivity index (χ1v) is 8.39. The monoisotopic (exact) mass is 379 g/mol. The quantitative estimate of drug-likeness (QED) is 0.583. The number of anilines is 1. The van der Waals surface area contributed by atoms with Crippen molar-refractivity contribution in [2.75, 3.05) is 19.0 Å². The molecular formula is C20H17N3O5. The minimum Gasteiger partial charge on any atom is -0.451 e. The van der Waals surface area contributed by atoms with Gasteiger partial charge in [0.15, 0.2) is 6.61 Å². The van der Waals surface area contributed by atoms with Crippen molar-refractivity contribution >= 4 is 34.2 Å². The maximum Gasteiger partial charge on any atom is 0.355 e. The van der Waals surface area contributed by atoms with Gasteiger partial charge in [0.05, 0.1) is 0 Å². The highest BCUT2D eigenvalue weighted by Crippen LogP contribution is 2.12. The number of hydrogen-bond acceptors (Lipinski definition) is 5. The van der Waals surface area contributed by atoms with Gasteiger partial charge in [-0.3, -0.25) is 14.4 Å². The van der Waals surface area contributed by atoms with E-state index in [0.29, 0.717) is 22.0 Å². The molecule has 3 rings (SSSR count). The minimum absolute atomic E-state index is 0.0434. The van der Waals surface area contributed by atoms with Gasteiger partial charge in [0.25, 0.3) is 17.4 Å². The molecule has 2 amide bonds. The molecule has 3 N–H and O–H groups in total. The van der Waals surface area contributed by atoms with E-state index in [1.54, 1.807) is 42.5 Å². The number of fused-ring (bicyclic) bond motifs is 1. The Morgan fingerprint density at radius 2 is 1.82 bits per heavy atom. The summed E-state index contributed by atoms with van der Waals surface area (Å²) in [6.45, 7) is -0.544. The van der Waals surface area contributed by atoms with E-state index in [1.807, 2.05) is 0 Å². The number of aromatic nitrogens is 1. The fourth-order valence-corrected chi connectivity index (χ4v) is 2.61. The summed E-state index contributed by atoms with van der Waals surface area (Å²) in [5.74, 6) is -1.69. The third-order valence-electron chi connectivity index (χ3n) is 3.94. The van der Waals surface area contributed by atoms with Crippen LogP contribution in [0, 0.1) is 0 Å². The number of nitrogens with one attached hydrogen (secondary N) is 3. The van der Waals surface area contributed by atoms with Crippen molar-refractivity contribution in [3.63, 3.8) is 0 Å². The molecule has 0 radical (unpaired) electrons. The summed E-state index contributed by atoms with van der Waals surface area (Å²) in [6, 6.07) is 14.6. The summed E-state index contributed by atoms with van der Waals surface area (Å²) >= 11 is 0.